The van der Waals surface area contributed by atoms with Crippen molar-refractivity contribution < 1.29 is 5.11 Å². The topological polar surface area (TPSA) is 23.5 Å². The van der Waals surface area contributed by atoms with Gasteiger partial charge in [0.05, 0.1) is 6.10 Å². The third-order valence-corrected chi connectivity index (χ3v) is 3.79. The lowest BCUT2D eigenvalue weighted by atomic mass is 9.61. The van der Waals surface area contributed by atoms with Gasteiger partial charge < -0.3 is 10.0 Å². The molecule has 4 unspecified atom stereocenters. The fourth-order valence-electron chi connectivity index (χ4n) is 2.92. The van der Waals surface area contributed by atoms with Crippen molar-refractivity contribution in [1.82, 2.24) is 4.90 Å². The van der Waals surface area contributed by atoms with E-state index in [1.54, 1.807) is 0 Å². The van der Waals surface area contributed by atoms with Gasteiger partial charge >= 0.3 is 0 Å². The van der Waals surface area contributed by atoms with Crippen LogP contribution >= 0.6 is 0 Å². The van der Waals surface area contributed by atoms with Gasteiger partial charge in [-0.2, -0.15) is 0 Å². The van der Waals surface area contributed by atoms with Crippen LogP contribution in [0.5, 0.6) is 0 Å². The first kappa shape index (κ1) is 8.52. The quantitative estimate of drug-likeness (QED) is 0.635. The average Bonchev–Trinajstić information content (AvgIpc) is 1.92. The minimum absolute atomic E-state index is 0.0138. The second-order valence-corrected chi connectivity index (χ2v) is 4.58. The predicted octanol–water partition coefficient (Wildman–Crippen LogP) is 1.10. The van der Waals surface area contributed by atoms with Crippen LogP contribution in [0.15, 0.2) is 0 Å². The van der Waals surface area contributed by atoms with E-state index in [2.05, 4.69) is 19.0 Å². The summed E-state index contributed by atoms with van der Waals surface area (Å²) in [6.07, 6.45) is 4.82. The van der Waals surface area contributed by atoms with Crippen LogP contribution in [0.3, 0.4) is 0 Å². The molecule has 0 aliphatic heterocycles. The molecule has 2 rings (SSSR count). The van der Waals surface area contributed by atoms with Crippen molar-refractivity contribution in [2.45, 2.75) is 37.8 Å². The Kier molecular flexibility index (Phi) is 2.13. The lowest BCUT2D eigenvalue weighted by Crippen LogP contribution is -2.52. The zero-order chi connectivity index (χ0) is 8.72. The summed E-state index contributed by atoms with van der Waals surface area (Å²) in [6, 6.07) is 0.743. The van der Waals surface area contributed by atoms with E-state index in [0.29, 0.717) is 5.92 Å². The maximum atomic E-state index is 9.68. The zero-order valence-electron chi connectivity index (χ0n) is 8.03. The van der Waals surface area contributed by atoms with Crippen molar-refractivity contribution in [3.05, 3.63) is 0 Å². The van der Waals surface area contributed by atoms with Gasteiger partial charge in [-0.15, -0.1) is 0 Å². The Morgan fingerprint density at radius 3 is 2.17 bits per heavy atom. The molecule has 0 aromatic heterocycles. The minimum Gasteiger partial charge on any atom is -0.393 e. The molecule has 12 heavy (non-hydrogen) atoms. The summed E-state index contributed by atoms with van der Waals surface area (Å²) in [4.78, 5) is 2.34. The van der Waals surface area contributed by atoms with Gasteiger partial charge in [-0.3, -0.25) is 0 Å². The maximum absolute atomic E-state index is 9.68. The van der Waals surface area contributed by atoms with E-state index in [1.807, 2.05) is 0 Å². The number of hydrogen-bond acceptors (Lipinski definition) is 2. The summed E-state index contributed by atoms with van der Waals surface area (Å²) >= 11 is 0. The molecule has 0 saturated heterocycles. The summed E-state index contributed by atoms with van der Waals surface area (Å²) in [6.45, 7) is 0. The summed E-state index contributed by atoms with van der Waals surface area (Å²) < 4.78 is 0. The fourth-order valence-corrected chi connectivity index (χ4v) is 2.92. The number of fused-ring (bicyclic) bond motifs is 1. The summed E-state index contributed by atoms with van der Waals surface area (Å²) in [5.74, 6) is 1.43. The standard InChI is InChI=1S/C10H19NO/c1-11(2)9-5-6-10(12)8-4-3-7(8)9/h7-10,12H,3-6H2,1-2H3. The van der Waals surface area contributed by atoms with Gasteiger partial charge in [-0.05, 0) is 51.6 Å². The Morgan fingerprint density at radius 1 is 1.00 bits per heavy atom. The van der Waals surface area contributed by atoms with Gasteiger partial charge in [0.15, 0.2) is 0 Å². The Bertz CT molecular complexity index is 169. The molecule has 2 heteroatoms. The number of nitrogens with zero attached hydrogens (tertiary/aromatic N) is 1. The summed E-state index contributed by atoms with van der Waals surface area (Å²) in [5, 5.41) is 9.68. The Balaban J connectivity index is 2.01. The first-order chi connectivity index (χ1) is 5.70. The van der Waals surface area contributed by atoms with Crippen molar-refractivity contribution in [3.8, 4) is 0 Å². The van der Waals surface area contributed by atoms with Gasteiger partial charge in [0.2, 0.25) is 0 Å². The highest BCUT2D eigenvalue weighted by molar-refractivity contribution is 4.97. The van der Waals surface area contributed by atoms with Crippen LogP contribution in [0.2, 0.25) is 0 Å². The highest BCUT2D eigenvalue weighted by Gasteiger charge is 2.44. The first-order valence-corrected chi connectivity index (χ1v) is 5.04. The lowest BCUT2D eigenvalue weighted by Gasteiger charge is -2.50. The highest BCUT2D eigenvalue weighted by atomic mass is 16.3. The van der Waals surface area contributed by atoms with Gasteiger partial charge in [0.1, 0.15) is 0 Å². The summed E-state index contributed by atoms with van der Waals surface area (Å²) in [5.41, 5.74) is 0. The van der Waals surface area contributed by atoms with Crippen molar-refractivity contribution in [2.75, 3.05) is 14.1 Å². The van der Waals surface area contributed by atoms with Crippen LogP contribution in [0.1, 0.15) is 25.7 Å². The Hall–Kier alpha value is -0.0800. The molecule has 2 nitrogen and oxygen atoms in total. The summed E-state index contributed by atoms with van der Waals surface area (Å²) in [7, 11) is 4.33. The van der Waals surface area contributed by atoms with Crippen LogP contribution in [0.4, 0.5) is 0 Å². The van der Waals surface area contributed by atoms with Crippen molar-refractivity contribution in [1.29, 1.82) is 0 Å². The maximum Gasteiger partial charge on any atom is 0.0572 e. The average molecular weight is 169 g/mol. The molecule has 2 aliphatic rings. The molecule has 0 bridgehead atoms. The SMILES string of the molecule is CN(C)C1CCC(O)C2CCC21. The second-order valence-electron chi connectivity index (χ2n) is 4.58. The minimum atomic E-state index is 0.0138. The molecule has 0 heterocycles. The number of aliphatic hydroxyl groups excluding tert-OH is 1. The third-order valence-electron chi connectivity index (χ3n) is 3.79. The van der Waals surface area contributed by atoms with Gasteiger partial charge in [0.25, 0.3) is 0 Å². The van der Waals surface area contributed by atoms with E-state index in [-0.39, 0.29) is 6.10 Å². The zero-order valence-corrected chi connectivity index (χ0v) is 8.03. The van der Waals surface area contributed by atoms with E-state index in [9.17, 15) is 5.11 Å². The van der Waals surface area contributed by atoms with E-state index >= 15 is 0 Å². The smallest absolute Gasteiger partial charge is 0.0572 e. The second kappa shape index (κ2) is 3.00. The van der Waals surface area contributed by atoms with E-state index < -0.39 is 0 Å². The lowest BCUT2D eigenvalue weighted by molar-refractivity contribution is -0.0642. The third kappa shape index (κ3) is 1.17. The molecular weight excluding hydrogens is 150 g/mol. The van der Waals surface area contributed by atoms with Crippen molar-refractivity contribution in [3.63, 3.8) is 0 Å². The van der Waals surface area contributed by atoms with Crippen LogP contribution < -0.4 is 0 Å². The molecular formula is C10H19NO. The molecule has 2 fully saturated rings. The van der Waals surface area contributed by atoms with Crippen LogP contribution in [-0.2, 0) is 0 Å². The molecule has 2 aliphatic carbocycles. The number of aliphatic hydroxyl groups is 1. The molecule has 0 radical (unpaired) electrons. The predicted molar refractivity (Wildman–Crippen MR) is 48.9 cm³/mol. The fraction of sp³-hybridized carbons (Fsp3) is 1.00. The van der Waals surface area contributed by atoms with Crippen LogP contribution in [0.25, 0.3) is 0 Å². The van der Waals surface area contributed by atoms with E-state index in [4.69, 9.17) is 0 Å². The normalized spacial score (nSPS) is 47.0. The Morgan fingerprint density at radius 2 is 1.67 bits per heavy atom. The molecule has 4 atom stereocenters. The molecule has 0 amide bonds. The molecule has 0 aromatic rings. The molecule has 2 saturated carbocycles. The Labute approximate surface area is 74.6 Å². The van der Waals surface area contributed by atoms with E-state index in [1.165, 1.54) is 19.3 Å². The molecule has 70 valence electrons. The van der Waals surface area contributed by atoms with Gasteiger partial charge in [0, 0.05) is 6.04 Å². The van der Waals surface area contributed by atoms with Crippen LogP contribution in [-0.4, -0.2) is 36.2 Å². The number of rotatable bonds is 1. The highest BCUT2D eigenvalue weighted by Crippen LogP contribution is 2.46. The van der Waals surface area contributed by atoms with Crippen LogP contribution in [0, 0.1) is 11.8 Å². The van der Waals surface area contributed by atoms with Crippen molar-refractivity contribution >= 4 is 0 Å². The van der Waals surface area contributed by atoms with Crippen molar-refractivity contribution in [2.24, 2.45) is 11.8 Å². The van der Waals surface area contributed by atoms with Gasteiger partial charge in [-0.25, -0.2) is 0 Å². The van der Waals surface area contributed by atoms with E-state index in [0.717, 1.165) is 18.4 Å². The molecule has 0 aromatic carbocycles. The largest absolute Gasteiger partial charge is 0.393 e. The molecule has 0 spiro atoms. The van der Waals surface area contributed by atoms with Gasteiger partial charge in [-0.1, -0.05) is 0 Å². The molecule has 1 N–H and O–H groups in total. The first-order valence-electron chi connectivity index (χ1n) is 5.04. The monoisotopic (exact) mass is 169 g/mol. The number of hydrogen-bond donors (Lipinski definition) is 1.